The molecule has 0 N–H and O–H groups in total. The van der Waals surface area contributed by atoms with Crippen molar-refractivity contribution in [1.82, 2.24) is 0 Å². The Morgan fingerprint density at radius 1 is 0.356 bits per heavy atom. The minimum absolute atomic E-state index is 0.470. The summed E-state index contributed by atoms with van der Waals surface area (Å²) in [6, 6.07) is 111. The van der Waals surface area contributed by atoms with Crippen molar-refractivity contribution in [3.63, 3.8) is 0 Å². The molecule has 3 aliphatic rings. The van der Waals surface area contributed by atoms with E-state index < -0.39 is 10.8 Å². The van der Waals surface area contributed by atoms with Crippen molar-refractivity contribution in [2.75, 3.05) is 9.80 Å². The van der Waals surface area contributed by atoms with Gasteiger partial charge in [0, 0.05) is 34.1 Å². The van der Waals surface area contributed by atoms with E-state index in [1.807, 2.05) is 12.2 Å². The molecule has 0 aromatic heterocycles. The average Bonchev–Trinajstić information content (AvgIpc) is 1.56. The van der Waals surface area contributed by atoms with E-state index in [1.165, 1.54) is 89.0 Å². The van der Waals surface area contributed by atoms with Crippen LogP contribution in [0.3, 0.4) is 0 Å². The van der Waals surface area contributed by atoms with Crippen molar-refractivity contribution in [1.29, 1.82) is 0 Å². The van der Waals surface area contributed by atoms with Crippen LogP contribution < -0.4 is 19.3 Å². The lowest BCUT2D eigenvalue weighted by atomic mass is 9.65. The second kappa shape index (κ2) is 26.9. The molecule has 4 nitrogen and oxygen atoms in total. The normalized spacial score (nSPS) is 15.4. The van der Waals surface area contributed by atoms with Gasteiger partial charge in [-0.05, 0) is 242 Å². The largest absolute Gasteiger partial charge is 0.489 e. The summed E-state index contributed by atoms with van der Waals surface area (Å²) in [7, 11) is 0. The Kier molecular flexibility index (Phi) is 16.9. The molecule has 2 atom stereocenters. The smallest absolute Gasteiger partial charge is 0.119 e. The van der Waals surface area contributed by atoms with Gasteiger partial charge in [0.1, 0.15) is 24.7 Å². The fourth-order valence-electron chi connectivity index (χ4n) is 16.0. The van der Waals surface area contributed by atoms with Gasteiger partial charge in [0.2, 0.25) is 0 Å². The van der Waals surface area contributed by atoms with Crippen molar-refractivity contribution < 1.29 is 9.47 Å². The summed E-state index contributed by atoms with van der Waals surface area (Å²) in [5, 5.41) is 0. The Labute approximate surface area is 594 Å². The fraction of sp³-hybridized carbons (Fsp3) is 0.0928. The SMILES string of the molecule is C=Cc1ccc(COc2ccc(C3(c4cc(C)ccc4C)C4=C(CC=CC=C4)c4ccc(N(c5ccccc5)c5ccc(-c6ccc(N(c7ccccc7)c7ccc8c(c7)C(c7ccc(OCc9ccc(C=C)cc9)cc7)(c7ccc(C)cc7C)c7ccccc7-8)cc6)cc5)cc43)cc2)cc1. The van der Waals surface area contributed by atoms with Crippen molar-refractivity contribution in [3.05, 3.63) is 435 Å². The van der Waals surface area contributed by atoms with Gasteiger partial charge < -0.3 is 19.3 Å². The molecule has 0 amide bonds. The summed E-state index contributed by atoms with van der Waals surface area (Å²) < 4.78 is 13.0. The van der Waals surface area contributed by atoms with E-state index in [2.05, 4.69) is 378 Å². The van der Waals surface area contributed by atoms with Gasteiger partial charge in [0.05, 0.1) is 10.8 Å². The first-order valence-electron chi connectivity index (χ1n) is 35.0. The van der Waals surface area contributed by atoms with Crippen LogP contribution in [0.15, 0.2) is 346 Å². The highest BCUT2D eigenvalue weighted by atomic mass is 16.5. The molecular weight excluding hydrogens is 1230 g/mol. The topological polar surface area (TPSA) is 24.9 Å². The zero-order chi connectivity index (χ0) is 68.6. The lowest BCUT2D eigenvalue weighted by Crippen LogP contribution is -2.31. The number of fused-ring (bicyclic) bond motifs is 5. The zero-order valence-electron chi connectivity index (χ0n) is 57.6. The molecule has 488 valence electrons. The molecule has 0 aliphatic heterocycles. The van der Waals surface area contributed by atoms with Gasteiger partial charge in [0.15, 0.2) is 0 Å². The number of rotatable bonds is 19. The van der Waals surface area contributed by atoms with Crippen LogP contribution in [-0.4, -0.2) is 0 Å². The molecule has 0 saturated carbocycles. The molecule has 0 radical (unpaired) electrons. The molecule has 2 unspecified atom stereocenters. The summed E-state index contributed by atoms with van der Waals surface area (Å²) >= 11 is 0. The first-order valence-corrected chi connectivity index (χ1v) is 35.0. The van der Waals surface area contributed by atoms with Gasteiger partial charge in [-0.3, -0.25) is 0 Å². The molecule has 0 saturated heterocycles. The molecule has 0 spiro atoms. The molecule has 13 aromatic rings. The van der Waals surface area contributed by atoms with Crippen LogP contribution >= 0.6 is 0 Å². The number of hydrogen-bond acceptors (Lipinski definition) is 4. The standard InChI is InChI=1S/C97H78N2O2/c1-7-70-31-35-72(36-32-70)64-100-84-53-43-76(44-54-84)96(90-59-29-66(3)60-69(90)6)91-27-19-18-25-87(91)88-57-51-82(62-94(88)96)98(78-20-12-9-13-21-78)80-47-39-74(40-48-80)75-41-49-81(50-42-75)99(79-22-14-10-15-23-79)83-52-58-89-86-24-16-11-17-26-92(86)97(95(89)63-83,93-61-67(4)28-30-68(93)5)77-45-55-85(56-46-77)101-65-73-37-33-71(8-2)34-38-73/h7-23,25-63H,1-2,24,64-65H2,3-6H3. The van der Waals surface area contributed by atoms with Crippen LogP contribution in [-0.2, 0) is 24.0 Å². The van der Waals surface area contributed by atoms with Crippen molar-refractivity contribution in [3.8, 4) is 33.8 Å². The fourth-order valence-corrected chi connectivity index (χ4v) is 16.0. The van der Waals surface area contributed by atoms with Gasteiger partial charge in [-0.2, -0.15) is 0 Å². The number of ether oxygens (including phenoxy) is 2. The molecule has 4 heteroatoms. The first-order chi connectivity index (χ1) is 49.6. The van der Waals surface area contributed by atoms with Crippen LogP contribution in [0.1, 0.15) is 95.4 Å². The number of aryl methyl sites for hydroxylation is 4. The molecule has 0 fully saturated rings. The van der Waals surface area contributed by atoms with Crippen LogP contribution in [0.25, 0.3) is 40.0 Å². The molecule has 16 rings (SSSR count). The number of hydrogen-bond donors (Lipinski definition) is 0. The predicted molar refractivity (Wildman–Crippen MR) is 422 cm³/mol. The Bertz CT molecular complexity index is 5360. The Balaban J connectivity index is 0.753. The summed E-state index contributed by atoms with van der Waals surface area (Å²) in [5.74, 6) is 1.65. The molecule has 3 aliphatic carbocycles. The third-order valence-electron chi connectivity index (χ3n) is 20.9. The second-order valence-electron chi connectivity index (χ2n) is 27.0. The minimum Gasteiger partial charge on any atom is -0.489 e. The zero-order valence-corrected chi connectivity index (χ0v) is 57.6. The molecule has 0 bridgehead atoms. The number of anilines is 6. The van der Waals surface area contributed by atoms with Gasteiger partial charge in [-0.1, -0.05) is 267 Å². The molecular formula is C97H78N2O2. The average molecular weight is 1300 g/mol. The molecule has 101 heavy (non-hydrogen) atoms. The summed E-state index contributed by atoms with van der Waals surface area (Å²) in [6.45, 7) is 17.7. The Hall–Kier alpha value is -12.2. The van der Waals surface area contributed by atoms with Gasteiger partial charge >= 0.3 is 0 Å². The van der Waals surface area contributed by atoms with Gasteiger partial charge in [-0.25, -0.2) is 0 Å². The molecule has 13 aromatic carbocycles. The summed E-state index contributed by atoms with van der Waals surface area (Å²) in [4.78, 5) is 4.82. The number of benzene rings is 13. The number of allylic oxidation sites excluding steroid dienone is 6. The maximum Gasteiger partial charge on any atom is 0.119 e. The third-order valence-corrected chi connectivity index (χ3v) is 20.9. The van der Waals surface area contributed by atoms with E-state index in [9.17, 15) is 0 Å². The predicted octanol–water partition coefficient (Wildman–Crippen LogP) is 25.0. The van der Waals surface area contributed by atoms with E-state index in [0.29, 0.717) is 13.2 Å². The van der Waals surface area contributed by atoms with Crippen LogP contribution in [0.5, 0.6) is 11.5 Å². The van der Waals surface area contributed by atoms with Crippen LogP contribution in [0.2, 0.25) is 0 Å². The van der Waals surface area contributed by atoms with E-state index in [0.717, 1.165) is 85.4 Å². The van der Waals surface area contributed by atoms with E-state index in [1.54, 1.807) is 0 Å². The second-order valence-corrected chi connectivity index (χ2v) is 27.0. The van der Waals surface area contributed by atoms with Gasteiger partial charge in [-0.15, -0.1) is 0 Å². The molecule has 0 heterocycles. The van der Waals surface area contributed by atoms with Crippen molar-refractivity contribution >= 4 is 51.8 Å². The lowest BCUT2D eigenvalue weighted by molar-refractivity contribution is 0.306. The van der Waals surface area contributed by atoms with E-state index in [-0.39, 0.29) is 0 Å². The van der Waals surface area contributed by atoms with E-state index >= 15 is 0 Å². The first kappa shape index (κ1) is 63.5. The van der Waals surface area contributed by atoms with Crippen LogP contribution in [0.4, 0.5) is 34.1 Å². The van der Waals surface area contributed by atoms with Crippen molar-refractivity contribution in [2.45, 2.75) is 58.2 Å². The number of para-hydroxylation sites is 2. The Morgan fingerprint density at radius 2 is 0.822 bits per heavy atom. The number of nitrogens with zero attached hydrogens (tertiary/aromatic N) is 2. The van der Waals surface area contributed by atoms with Gasteiger partial charge in [0.25, 0.3) is 0 Å². The monoisotopic (exact) mass is 1300 g/mol. The lowest BCUT2D eigenvalue weighted by Gasteiger charge is -2.37. The maximum atomic E-state index is 6.49. The highest BCUT2D eigenvalue weighted by molar-refractivity contribution is 5.93. The van der Waals surface area contributed by atoms with Crippen LogP contribution in [0, 0.1) is 27.7 Å². The van der Waals surface area contributed by atoms with Crippen molar-refractivity contribution in [2.24, 2.45) is 0 Å². The highest BCUT2D eigenvalue weighted by Gasteiger charge is 2.49. The minimum atomic E-state index is -0.645. The summed E-state index contributed by atoms with van der Waals surface area (Å²) in [5.41, 5.74) is 31.7. The highest BCUT2D eigenvalue weighted by Crippen LogP contribution is 2.60. The third kappa shape index (κ3) is 11.5. The summed E-state index contributed by atoms with van der Waals surface area (Å²) in [6.07, 6.45) is 13.6. The quantitative estimate of drug-likeness (QED) is 0.0806. The van der Waals surface area contributed by atoms with E-state index in [4.69, 9.17) is 9.47 Å². The Morgan fingerprint density at radius 3 is 1.37 bits per heavy atom. The maximum absolute atomic E-state index is 6.49.